The van der Waals surface area contributed by atoms with Gasteiger partial charge in [-0.15, -0.1) is 5.54 Å². The van der Waals surface area contributed by atoms with E-state index < -0.39 is 38.7 Å². The summed E-state index contributed by atoms with van der Waals surface area (Å²) < 4.78 is 7.82. The third kappa shape index (κ3) is 5.22. The van der Waals surface area contributed by atoms with Crippen LogP contribution >= 0.6 is 11.6 Å². The number of aliphatic hydroxyl groups excluding tert-OH is 3. The topological polar surface area (TPSA) is 113 Å². The predicted molar refractivity (Wildman–Crippen MR) is 157 cm³/mol. The normalized spacial score (nSPS) is 22.5. The van der Waals surface area contributed by atoms with Crippen molar-refractivity contribution in [3.05, 3.63) is 52.9 Å². The molecule has 1 aliphatic heterocycles. The molecule has 10 heteroatoms. The molecular formula is C29H39ClN4O4Si. The van der Waals surface area contributed by atoms with Crippen molar-refractivity contribution in [3.8, 4) is 11.5 Å². The number of nitrogens with zero attached hydrogens (tertiary/aromatic N) is 3. The molecule has 4 rings (SSSR count). The van der Waals surface area contributed by atoms with E-state index in [1.54, 1.807) is 35.9 Å². The first-order valence-corrected chi connectivity index (χ1v) is 16.1. The lowest BCUT2D eigenvalue weighted by Crippen LogP contribution is -2.43. The fourth-order valence-corrected chi connectivity index (χ4v) is 11.5. The maximum atomic E-state index is 11.1. The molecule has 0 spiro atoms. The second-order valence-electron chi connectivity index (χ2n) is 11.2. The summed E-state index contributed by atoms with van der Waals surface area (Å²) in [6, 6.07) is 6.65. The molecule has 1 saturated heterocycles. The van der Waals surface area contributed by atoms with E-state index in [0.717, 1.165) is 10.9 Å². The maximum Gasteiger partial charge on any atom is 0.164 e. The zero-order valence-electron chi connectivity index (χ0n) is 23.6. The Morgan fingerprint density at radius 1 is 1.00 bits per heavy atom. The zero-order valence-corrected chi connectivity index (χ0v) is 25.3. The minimum atomic E-state index is -2.03. The monoisotopic (exact) mass is 570 g/mol. The van der Waals surface area contributed by atoms with Gasteiger partial charge in [0, 0.05) is 18.3 Å². The van der Waals surface area contributed by atoms with Crippen molar-refractivity contribution >= 4 is 36.5 Å². The lowest BCUT2D eigenvalue weighted by molar-refractivity contribution is -0.0848. The molecule has 1 fully saturated rings. The van der Waals surface area contributed by atoms with Crippen LogP contribution < -0.4 is 5.32 Å². The summed E-state index contributed by atoms with van der Waals surface area (Å²) in [7, 11) is -0.248. The van der Waals surface area contributed by atoms with Crippen molar-refractivity contribution in [2.75, 3.05) is 12.4 Å². The van der Waals surface area contributed by atoms with Gasteiger partial charge < -0.3 is 29.9 Å². The number of rotatable bonds is 7. The maximum absolute atomic E-state index is 11.1. The fourth-order valence-electron chi connectivity index (χ4n) is 6.20. The van der Waals surface area contributed by atoms with Gasteiger partial charge in [-0.2, -0.15) is 0 Å². The number of halogens is 1. The van der Waals surface area contributed by atoms with Crippen molar-refractivity contribution in [1.29, 1.82) is 0 Å². The van der Waals surface area contributed by atoms with Crippen molar-refractivity contribution in [2.24, 2.45) is 0 Å². The van der Waals surface area contributed by atoms with E-state index >= 15 is 0 Å². The Morgan fingerprint density at radius 3 is 2.18 bits per heavy atom. The number of aliphatic hydroxyl groups is 3. The van der Waals surface area contributed by atoms with Crippen LogP contribution in [0.5, 0.6) is 0 Å². The van der Waals surface area contributed by atoms with Crippen molar-refractivity contribution < 1.29 is 20.1 Å². The highest BCUT2D eigenvalue weighted by molar-refractivity contribution is 6.90. The minimum Gasteiger partial charge on any atom is -0.387 e. The Labute approximate surface area is 236 Å². The van der Waals surface area contributed by atoms with E-state index in [1.807, 2.05) is 6.20 Å². The molecule has 1 aliphatic rings. The van der Waals surface area contributed by atoms with E-state index in [1.165, 1.54) is 6.33 Å². The van der Waals surface area contributed by atoms with Gasteiger partial charge in [-0.25, -0.2) is 9.97 Å². The largest absolute Gasteiger partial charge is 0.387 e. The van der Waals surface area contributed by atoms with Gasteiger partial charge >= 0.3 is 0 Å². The Bertz CT molecular complexity index is 1340. The van der Waals surface area contributed by atoms with Crippen LogP contribution in [0.1, 0.15) is 65.0 Å². The van der Waals surface area contributed by atoms with Gasteiger partial charge in [-0.1, -0.05) is 71.2 Å². The van der Waals surface area contributed by atoms with E-state index in [4.69, 9.17) is 16.3 Å². The molecule has 0 unspecified atom stereocenters. The van der Waals surface area contributed by atoms with Gasteiger partial charge in [-0.3, -0.25) is 0 Å². The molecule has 2 aromatic heterocycles. The summed E-state index contributed by atoms with van der Waals surface area (Å²) in [5, 5.41) is 37.4. The Hall–Kier alpha value is -2.45. The summed E-state index contributed by atoms with van der Waals surface area (Å²) >= 11 is 5.99. The number of anilines is 1. The third-order valence-electron chi connectivity index (χ3n) is 8.20. The van der Waals surface area contributed by atoms with Gasteiger partial charge in [0.1, 0.15) is 50.3 Å². The molecule has 1 aromatic carbocycles. The van der Waals surface area contributed by atoms with Crippen LogP contribution in [0, 0.1) is 11.5 Å². The van der Waals surface area contributed by atoms with E-state index in [0.29, 0.717) is 38.7 Å². The number of fused-ring (bicyclic) bond motifs is 1. The predicted octanol–water partition coefficient (Wildman–Crippen LogP) is 5.05. The third-order valence-corrected chi connectivity index (χ3v) is 14.7. The Kier molecular flexibility index (Phi) is 8.76. The molecule has 210 valence electrons. The molecule has 0 radical (unpaired) electrons. The molecule has 3 heterocycles. The first-order valence-electron chi connectivity index (χ1n) is 13.5. The van der Waals surface area contributed by atoms with Crippen molar-refractivity contribution in [3.63, 3.8) is 0 Å². The quantitative estimate of drug-likeness (QED) is 0.232. The lowest BCUT2D eigenvalue weighted by Gasteiger charge is -2.38. The fraction of sp³-hybridized carbons (Fsp3) is 0.517. The molecule has 0 amide bonds. The molecule has 0 bridgehead atoms. The van der Waals surface area contributed by atoms with Gasteiger partial charge in [0.2, 0.25) is 0 Å². The van der Waals surface area contributed by atoms with Crippen molar-refractivity contribution in [1.82, 2.24) is 14.5 Å². The summed E-state index contributed by atoms with van der Waals surface area (Å²) in [4.78, 5) is 8.91. The van der Waals surface area contributed by atoms with Gasteiger partial charge in [0.25, 0.3) is 0 Å². The average molecular weight is 571 g/mol. The molecule has 3 aromatic rings. The summed E-state index contributed by atoms with van der Waals surface area (Å²) in [5.74, 6) is 4.10. The molecule has 0 saturated carbocycles. The van der Waals surface area contributed by atoms with Gasteiger partial charge in [0.15, 0.2) is 6.23 Å². The van der Waals surface area contributed by atoms with E-state index in [-0.39, 0.29) is 0 Å². The highest BCUT2D eigenvalue weighted by Crippen LogP contribution is 2.42. The number of nitrogens with one attached hydrogen (secondary N) is 1. The van der Waals surface area contributed by atoms with E-state index in [9.17, 15) is 15.3 Å². The second-order valence-corrected chi connectivity index (χ2v) is 17.3. The van der Waals surface area contributed by atoms with Crippen LogP contribution in [0.25, 0.3) is 11.0 Å². The van der Waals surface area contributed by atoms with Crippen LogP contribution in [-0.4, -0.2) is 63.3 Å². The minimum absolute atomic E-state index is 0.462. The van der Waals surface area contributed by atoms with E-state index in [2.05, 4.69) is 68.3 Å². The average Bonchev–Trinajstić information content (AvgIpc) is 3.40. The highest BCUT2D eigenvalue weighted by atomic mass is 35.5. The van der Waals surface area contributed by atoms with Gasteiger partial charge in [-0.05, 0) is 34.3 Å². The summed E-state index contributed by atoms with van der Waals surface area (Å²) in [5.41, 5.74) is 6.91. The number of hydrogen-bond acceptors (Lipinski definition) is 7. The highest BCUT2D eigenvalue weighted by Gasteiger charge is 2.48. The van der Waals surface area contributed by atoms with Crippen LogP contribution in [0.3, 0.4) is 0 Å². The second kappa shape index (κ2) is 11.6. The number of aromatic nitrogens is 3. The molecular weight excluding hydrogens is 532 g/mol. The standard InChI is InChI=1S/C29H39ClN4O4Si/c1-16(2)39(17(3)4,18(5)6)13-12-20-14-34(28-22(20)27(31-7)32-15-33-28)29-25(37)24(36)26(38-29)23(35)19-8-10-21(30)11-9-19/h8-11,14-18,23-26,29,35-37H,1-7H3,(H,31,32,33)/t23-,24+,25-,26-,29-/m1/s1. The van der Waals surface area contributed by atoms with Crippen LogP contribution in [0.15, 0.2) is 36.8 Å². The molecule has 39 heavy (non-hydrogen) atoms. The van der Waals surface area contributed by atoms with Gasteiger partial charge in [0.05, 0.1) is 10.9 Å². The van der Waals surface area contributed by atoms with Crippen LogP contribution in [0.2, 0.25) is 21.6 Å². The van der Waals surface area contributed by atoms with Crippen molar-refractivity contribution in [2.45, 2.75) is 88.8 Å². The van der Waals surface area contributed by atoms with Crippen LogP contribution in [-0.2, 0) is 4.74 Å². The number of ether oxygens (including phenoxy) is 1. The molecule has 5 atom stereocenters. The van der Waals surface area contributed by atoms with Crippen LogP contribution in [0.4, 0.5) is 5.82 Å². The smallest absolute Gasteiger partial charge is 0.164 e. The molecule has 8 nitrogen and oxygen atoms in total. The number of hydrogen-bond donors (Lipinski definition) is 4. The molecule has 0 aliphatic carbocycles. The summed E-state index contributed by atoms with van der Waals surface area (Å²) in [6.45, 7) is 13.6. The Morgan fingerprint density at radius 2 is 1.62 bits per heavy atom. The number of benzene rings is 1. The SMILES string of the molecule is CNc1ncnc2c1c(C#C[Si](C(C)C)(C(C)C)C(C)C)cn2[C@@H]1O[C@H]([C@H](O)c2ccc(Cl)cc2)[C@@H](O)[C@H]1O. The summed E-state index contributed by atoms with van der Waals surface area (Å²) in [6.07, 6.45) is -2.62. The molecule has 4 N–H and O–H groups in total. The lowest BCUT2D eigenvalue weighted by atomic mass is 9.99. The zero-order chi connectivity index (χ0) is 28.6. The first kappa shape index (κ1) is 29.5. The first-order chi connectivity index (χ1) is 18.4. The Balaban J connectivity index is 1.80.